The van der Waals surface area contributed by atoms with Crippen LogP contribution >= 0.6 is 11.8 Å². The Kier molecular flexibility index (Phi) is 6.59. The van der Waals surface area contributed by atoms with Gasteiger partial charge in [-0.05, 0) is 30.7 Å². The lowest BCUT2D eigenvalue weighted by Crippen LogP contribution is -2.14. The van der Waals surface area contributed by atoms with Crippen molar-refractivity contribution >= 4 is 29.3 Å². The quantitative estimate of drug-likeness (QED) is 0.418. The van der Waals surface area contributed by atoms with Gasteiger partial charge in [0.25, 0.3) is 0 Å². The van der Waals surface area contributed by atoms with Gasteiger partial charge >= 0.3 is 5.97 Å². The van der Waals surface area contributed by atoms with Gasteiger partial charge in [-0.2, -0.15) is 0 Å². The number of esters is 1. The highest BCUT2D eigenvalue weighted by atomic mass is 32.2. The molecule has 0 atom stereocenters. The maximum Gasteiger partial charge on any atom is 0.339 e. The van der Waals surface area contributed by atoms with Crippen LogP contribution in [0, 0.1) is 0 Å². The highest BCUT2D eigenvalue weighted by Crippen LogP contribution is 2.34. The Bertz CT molecular complexity index is 824. The second-order valence-corrected chi connectivity index (χ2v) is 6.91. The number of ether oxygens (including phenoxy) is 3. The summed E-state index contributed by atoms with van der Waals surface area (Å²) in [5, 5.41) is 2.82. The normalized spacial score (nSPS) is 11.9. The van der Waals surface area contributed by atoms with Crippen LogP contribution in [0.3, 0.4) is 0 Å². The summed E-state index contributed by atoms with van der Waals surface area (Å²) in [6.07, 6.45) is 1.79. The monoisotopic (exact) mass is 387 g/mol. The topological polar surface area (TPSA) is 73.9 Å². The number of amides is 1. The van der Waals surface area contributed by atoms with Crippen molar-refractivity contribution in [2.45, 2.75) is 24.7 Å². The highest BCUT2D eigenvalue weighted by molar-refractivity contribution is 8.00. The van der Waals surface area contributed by atoms with E-state index in [0.29, 0.717) is 29.4 Å². The van der Waals surface area contributed by atoms with Crippen molar-refractivity contribution in [3.63, 3.8) is 0 Å². The first kappa shape index (κ1) is 19.1. The molecule has 0 spiro atoms. The molecule has 0 bridgehead atoms. The van der Waals surface area contributed by atoms with Crippen molar-refractivity contribution in [3.05, 3.63) is 48.0 Å². The molecule has 0 saturated heterocycles. The summed E-state index contributed by atoms with van der Waals surface area (Å²) in [6.45, 7) is 2.63. The fourth-order valence-electron chi connectivity index (χ4n) is 2.46. The average Bonchev–Trinajstić information content (AvgIpc) is 3.14. The number of thioether (sulfide) groups is 1. The number of carbonyl (C=O) groups is 2. The smallest absolute Gasteiger partial charge is 0.339 e. The number of nitrogens with one attached hydrogen (secondary N) is 1. The molecule has 2 aromatic carbocycles. The average molecular weight is 387 g/mol. The van der Waals surface area contributed by atoms with Crippen LogP contribution in [0.15, 0.2) is 47.4 Å². The first-order valence-electron chi connectivity index (χ1n) is 8.76. The van der Waals surface area contributed by atoms with Gasteiger partial charge in [0.1, 0.15) is 0 Å². The van der Waals surface area contributed by atoms with Gasteiger partial charge in [-0.1, -0.05) is 25.5 Å². The molecule has 142 valence electrons. The van der Waals surface area contributed by atoms with E-state index < -0.39 is 0 Å². The fraction of sp³-hybridized carbons (Fsp3) is 0.300. The zero-order chi connectivity index (χ0) is 19.1. The Labute approximate surface area is 162 Å². The molecule has 1 aliphatic rings. The number of carbonyl (C=O) groups excluding carboxylic acids is 2. The summed E-state index contributed by atoms with van der Waals surface area (Å²) in [7, 11) is 0. The van der Waals surface area contributed by atoms with Gasteiger partial charge in [-0.3, -0.25) is 4.79 Å². The van der Waals surface area contributed by atoms with E-state index in [1.807, 2.05) is 19.1 Å². The zero-order valence-electron chi connectivity index (χ0n) is 15.0. The molecule has 1 heterocycles. The van der Waals surface area contributed by atoms with Crippen LogP contribution in [0.5, 0.6) is 11.5 Å². The first-order chi connectivity index (χ1) is 13.2. The predicted molar refractivity (Wildman–Crippen MR) is 104 cm³/mol. The van der Waals surface area contributed by atoms with Crippen LogP contribution in [-0.4, -0.2) is 31.0 Å². The van der Waals surface area contributed by atoms with E-state index in [1.54, 1.807) is 30.3 Å². The third-order valence-electron chi connectivity index (χ3n) is 3.85. The molecule has 6 nitrogen and oxygen atoms in total. The number of hydrogen-bond acceptors (Lipinski definition) is 6. The summed E-state index contributed by atoms with van der Waals surface area (Å²) < 4.78 is 15.8. The van der Waals surface area contributed by atoms with Crippen molar-refractivity contribution in [3.8, 4) is 11.5 Å². The molecule has 7 heteroatoms. The Morgan fingerprint density at radius 1 is 1.15 bits per heavy atom. The summed E-state index contributed by atoms with van der Waals surface area (Å²) in [5.41, 5.74) is 1.12. The molecule has 0 saturated carbocycles. The van der Waals surface area contributed by atoms with Gasteiger partial charge in [0.2, 0.25) is 12.7 Å². The SMILES string of the molecule is CCCCOC(=O)c1ccccc1SCC(=O)Nc1ccc2c(c1)OCO2. The lowest BCUT2D eigenvalue weighted by atomic mass is 10.2. The lowest BCUT2D eigenvalue weighted by molar-refractivity contribution is -0.113. The molecule has 1 aliphatic heterocycles. The van der Waals surface area contributed by atoms with Gasteiger partial charge < -0.3 is 19.5 Å². The Hall–Kier alpha value is -2.67. The molecule has 1 amide bonds. The summed E-state index contributed by atoms with van der Waals surface area (Å²) in [5.74, 6) is 0.919. The maximum atomic E-state index is 12.3. The predicted octanol–water partition coefficient (Wildman–Crippen LogP) is 4.10. The lowest BCUT2D eigenvalue weighted by Gasteiger charge is -2.10. The molecule has 0 radical (unpaired) electrons. The van der Waals surface area contributed by atoms with E-state index in [1.165, 1.54) is 11.8 Å². The second-order valence-electron chi connectivity index (χ2n) is 5.89. The van der Waals surface area contributed by atoms with Crippen LogP contribution < -0.4 is 14.8 Å². The van der Waals surface area contributed by atoms with Crippen molar-refractivity contribution in [2.75, 3.05) is 24.5 Å². The molecule has 0 unspecified atom stereocenters. The molecule has 3 rings (SSSR count). The standard InChI is InChI=1S/C20H21NO5S/c1-2-3-10-24-20(23)15-6-4-5-7-18(15)27-12-19(22)21-14-8-9-16-17(11-14)26-13-25-16/h4-9,11H,2-3,10,12-13H2,1H3,(H,21,22). The van der Waals surface area contributed by atoms with E-state index in [9.17, 15) is 9.59 Å². The first-order valence-corrected chi connectivity index (χ1v) is 9.74. The van der Waals surface area contributed by atoms with Crippen molar-refractivity contribution in [1.82, 2.24) is 0 Å². The number of fused-ring (bicyclic) bond motifs is 1. The van der Waals surface area contributed by atoms with Crippen LogP contribution in [0.25, 0.3) is 0 Å². The third kappa shape index (κ3) is 5.17. The molecule has 2 aromatic rings. The Morgan fingerprint density at radius 3 is 2.81 bits per heavy atom. The van der Waals surface area contributed by atoms with Crippen LogP contribution in [0.4, 0.5) is 5.69 Å². The van der Waals surface area contributed by atoms with Gasteiger partial charge in [0.05, 0.1) is 17.9 Å². The number of benzene rings is 2. The molecule has 0 fully saturated rings. The maximum absolute atomic E-state index is 12.3. The number of unbranched alkanes of at least 4 members (excludes halogenated alkanes) is 1. The van der Waals surface area contributed by atoms with Gasteiger partial charge in [-0.15, -0.1) is 11.8 Å². The molecule has 1 N–H and O–H groups in total. The minimum atomic E-state index is -0.359. The molecular weight excluding hydrogens is 366 g/mol. The second kappa shape index (κ2) is 9.32. The minimum Gasteiger partial charge on any atom is -0.462 e. The van der Waals surface area contributed by atoms with E-state index in [0.717, 1.165) is 17.7 Å². The van der Waals surface area contributed by atoms with E-state index >= 15 is 0 Å². The van der Waals surface area contributed by atoms with Gasteiger partial charge in [0, 0.05) is 16.6 Å². The largest absolute Gasteiger partial charge is 0.462 e. The summed E-state index contributed by atoms with van der Waals surface area (Å²) >= 11 is 1.30. The molecule has 0 aromatic heterocycles. The molecule has 0 aliphatic carbocycles. The van der Waals surface area contributed by atoms with Gasteiger partial charge in [-0.25, -0.2) is 4.79 Å². The third-order valence-corrected chi connectivity index (χ3v) is 4.93. The van der Waals surface area contributed by atoms with Crippen molar-refractivity contribution < 1.29 is 23.8 Å². The van der Waals surface area contributed by atoms with Crippen molar-refractivity contribution in [1.29, 1.82) is 0 Å². The Balaban J connectivity index is 1.56. The number of hydrogen-bond donors (Lipinski definition) is 1. The summed E-state index contributed by atoms with van der Waals surface area (Å²) in [4.78, 5) is 25.2. The van der Waals surface area contributed by atoms with Crippen LogP contribution in [0.1, 0.15) is 30.1 Å². The highest BCUT2D eigenvalue weighted by Gasteiger charge is 2.16. The zero-order valence-corrected chi connectivity index (χ0v) is 15.8. The van der Waals surface area contributed by atoms with E-state index in [-0.39, 0.29) is 24.4 Å². The summed E-state index contributed by atoms with van der Waals surface area (Å²) in [6, 6.07) is 12.4. The fourth-order valence-corrected chi connectivity index (χ4v) is 3.30. The van der Waals surface area contributed by atoms with Crippen LogP contribution in [-0.2, 0) is 9.53 Å². The van der Waals surface area contributed by atoms with Crippen molar-refractivity contribution in [2.24, 2.45) is 0 Å². The minimum absolute atomic E-state index is 0.173. The van der Waals surface area contributed by atoms with E-state index in [4.69, 9.17) is 14.2 Å². The molecular formula is C20H21NO5S. The number of rotatable bonds is 8. The van der Waals surface area contributed by atoms with E-state index in [2.05, 4.69) is 5.32 Å². The van der Waals surface area contributed by atoms with Crippen LogP contribution in [0.2, 0.25) is 0 Å². The van der Waals surface area contributed by atoms with Gasteiger partial charge in [0.15, 0.2) is 11.5 Å². The Morgan fingerprint density at radius 2 is 1.96 bits per heavy atom. The molecule has 27 heavy (non-hydrogen) atoms. The number of anilines is 1.